The van der Waals surface area contributed by atoms with E-state index in [1.54, 1.807) is 42.5 Å². The van der Waals surface area contributed by atoms with Crippen LogP contribution in [0.2, 0.25) is 0 Å². The van der Waals surface area contributed by atoms with E-state index in [1.807, 2.05) is 47.2 Å². The Morgan fingerprint density at radius 2 is 2.11 bits per heavy atom. The van der Waals surface area contributed by atoms with Gasteiger partial charge in [-0.25, -0.2) is 4.98 Å². The van der Waals surface area contributed by atoms with E-state index in [1.165, 1.54) is 0 Å². The number of amides is 1. The Morgan fingerprint density at radius 1 is 1.21 bits per heavy atom. The fraction of sp³-hybridized carbons (Fsp3) is 0.150. The van der Waals surface area contributed by atoms with Gasteiger partial charge in [-0.05, 0) is 35.7 Å². The molecule has 2 aromatic heterocycles. The minimum absolute atomic E-state index is 0.00356. The number of thioether (sulfide) groups is 1. The third-order valence-corrected chi connectivity index (χ3v) is 5.24. The Kier molecular flexibility index (Phi) is 5.69. The van der Waals surface area contributed by atoms with Gasteiger partial charge in [-0.1, -0.05) is 36.4 Å². The average molecular weight is 392 g/mol. The first-order valence-electron chi connectivity index (χ1n) is 8.91. The van der Waals surface area contributed by atoms with E-state index in [-0.39, 0.29) is 11.4 Å². The van der Waals surface area contributed by atoms with Crippen LogP contribution in [-0.2, 0) is 6.54 Å². The van der Waals surface area contributed by atoms with Crippen molar-refractivity contribution >= 4 is 23.4 Å². The molecule has 7 nitrogen and oxygen atoms in total. The normalized spacial score (nSPS) is 15.8. The van der Waals surface area contributed by atoms with E-state index in [0.29, 0.717) is 17.9 Å². The smallest absolute Gasteiger partial charge is 0.274 e. The second-order valence-corrected chi connectivity index (χ2v) is 7.24. The van der Waals surface area contributed by atoms with Crippen LogP contribution in [0.4, 0.5) is 5.69 Å². The molecule has 0 saturated carbocycles. The first kappa shape index (κ1) is 18.3. The molecule has 8 heteroatoms. The molecule has 0 bridgehead atoms. The van der Waals surface area contributed by atoms with Gasteiger partial charge in [0.1, 0.15) is 11.2 Å². The number of nitrogens with zero attached hydrogens (tertiary/aromatic N) is 3. The van der Waals surface area contributed by atoms with Crippen molar-refractivity contribution in [1.82, 2.24) is 25.2 Å². The van der Waals surface area contributed by atoms with E-state index >= 15 is 0 Å². The van der Waals surface area contributed by atoms with Crippen molar-refractivity contribution < 1.29 is 4.79 Å². The zero-order valence-electron chi connectivity index (χ0n) is 15.1. The number of rotatable bonds is 6. The molecular weight excluding hydrogens is 372 g/mol. The Morgan fingerprint density at radius 3 is 2.86 bits per heavy atom. The molecule has 3 aromatic rings. The zero-order valence-corrected chi connectivity index (χ0v) is 15.9. The Bertz CT molecular complexity index is 957. The molecule has 0 fully saturated rings. The van der Waals surface area contributed by atoms with Gasteiger partial charge in [0, 0.05) is 12.7 Å². The molecule has 0 saturated heterocycles. The first-order chi connectivity index (χ1) is 13.8. The quantitative estimate of drug-likeness (QED) is 0.598. The lowest BCUT2D eigenvalue weighted by atomic mass is 10.2. The van der Waals surface area contributed by atoms with E-state index < -0.39 is 0 Å². The predicted molar refractivity (Wildman–Crippen MR) is 110 cm³/mol. The van der Waals surface area contributed by atoms with Gasteiger partial charge < -0.3 is 15.2 Å². The van der Waals surface area contributed by atoms with Crippen molar-refractivity contribution in [3.05, 3.63) is 84.6 Å². The minimum Gasteiger partial charge on any atom is -0.367 e. The highest BCUT2D eigenvalue weighted by Crippen LogP contribution is 2.24. The van der Waals surface area contributed by atoms with Gasteiger partial charge >= 0.3 is 0 Å². The fourth-order valence-electron chi connectivity index (χ4n) is 2.81. The number of hydrogen-bond donors (Lipinski definition) is 3. The van der Waals surface area contributed by atoms with E-state index in [2.05, 4.69) is 25.9 Å². The summed E-state index contributed by atoms with van der Waals surface area (Å²) in [6, 6.07) is 13.6. The Balaban J connectivity index is 1.61. The number of anilines is 1. The highest BCUT2D eigenvalue weighted by atomic mass is 32.2. The minimum atomic E-state index is -0.215. The van der Waals surface area contributed by atoms with Gasteiger partial charge in [0.15, 0.2) is 5.16 Å². The summed E-state index contributed by atoms with van der Waals surface area (Å²) < 4.78 is 1.94. The Hall–Kier alpha value is -3.10. The van der Waals surface area contributed by atoms with Gasteiger partial charge in [-0.2, -0.15) is 0 Å². The fourth-order valence-corrected chi connectivity index (χ4v) is 3.75. The summed E-state index contributed by atoms with van der Waals surface area (Å²) in [7, 11) is 0. The zero-order chi connectivity index (χ0) is 19.2. The van der Waals surface area contributed by atoms with E-state index in [0.717, 1.165) is 17.3 Å². The molecule has 4 rings (SSSR count). The summed E-state index contributed by atoms with van der Waals surface area (Å²) in [5.41, 5.74) is 2.25. The molecule has 28 heavy (non-hydrogen) atoms. The van der Waals surface area contributed by atoms with Crippen molar-refractivity contribution in [3.63, 3.8) is 0 Å². The molecule has 1 unspecified atom stereocenters. The maximum atomic E-state index is 12.9. The Labute approximate surface area is 167 Å². The second kappa shape index (κ2) is 8.73. The van der Waals surface area contributed by atoms with Crippen LogP contribution in [0, 0.1) is 0 Å². The highest BCUT2D eigenvalue weighted by Gasteiger charge is 2.20. The van der Waals surface area contributed by atoms with E-state index in [9.17, 15) is 4.79 Å². The third kappa shape index (κ3) is 4.41. The summed E-state index contributed by atoms with van der Waals surface area (Å²) in [5.74, 6) is -0.215. The number of carbonyl (C=O) groups is 1. The van der Waals surface area contributed by atoms with Crippen molar-refractivity contribution in [2.75, 3.05) is 11.9 Å². The molecule has 1 amide bonds. The van der Waals surface area contributed by atoms with Crippen LogP contribution in [0.15, 0.2) is 78.5 Å². The summed E-state index contributed by atoms with van der Waals surface area (Å²) >= 11 is 1.54. The third-order valence-electron chi connectivity index (χ3n) is 4.16. The molecule has 1 aliphatic rings. The standard InChI is InChI=1S/C20H20N6OS/c27-18(25-16-8-4-9-21-12-16)17-13-24-20(28-19-22-10-5-11-23-19)26(17)14-15-6-2-1-3-7-15/h1-10,12-13,19,22-23H,11,14H2,(H,25,27). The lowest BCUT2D eigenvalue weighted by Crippen LogP contribution is -2.40. The van der Waals surface area contributed by atoms with Gasteiger partial charge in [0.2, 0.25) is 0 Å². The summed E-state index contributed by atoms with van der Waals surface area (Å²) in [5, 5.41) is 10.2. The molecule has 3 heterocycles. The molecule has 1 aliphatic heterocycles. The number of aromatic nitrogens is 3. The number of pyridine rings is 1. The number of carbonyl (C=O) groups excluding carboxylic acids is 1. The highest BCUT2D eigenvalue weighted by molar-refractivity contribution is 7.99. The number of imidazole rings is 1. The summed E-state index contributed by atoms with van der Waals surface area (Å²) in [6.07, 6.45) is 8.85. The molecule has 142 valence electrons. The second-order valence-electron chi connectivity index (χ2n) is 6.17. The van der Waals surface area contributed by atoms with Crippen molar-refractivity contribution in [2.24, 2.45) is 0 Å². The number of hydrogen-bond acceptors (Lipinski definition) is 6. The lowest BCUT2D eigenvalue weighted by Gasteiger charge is -2.21. The topological polar surface area (TPSA) is 83.9 Å². The van der Waals surface area contributed by atoms with Crippen LogP contribution in [-0.4, -0.2) is 32.5 Å². The van der Waals surface area contributed by atoms with Crippen molar-refractivity contribution in [1.29, 1.82) is 0 Å². The van der Waals surface area contributed by atoms with Gasteiger partial charge in [0.25, 0.3) is 5.91 Å². The van der Waals surface area contributed by atoms with Crippen molar-refractivity contribution in [2.45, 2.75) is 17.2 Å². The van der Waals surface area contributed by atoms with Crippen LogP contribution in [0.1, 0.15) is 16.1 Å². The maximum Gasteiger partial charge on any atom is 0.274 e. The van der Waals surface area contributed by atoms with Gasteiger partial charge in [0.05, 0.1) is 24.6 Å². The summed E-state index contributed by atoms with van der Waals surface area (Å²) in [4.78, 5) is 21.4. The largest absolute Gasteiger partial charge is 0.367 e. The molecule has 1 atom stereocenters. The van der Waals surface area contributed by atoms with Crippen LogP contribution in [0.5, 0.6) is 0 Å². The van der Waals surface area contributed by atoms with Crippen LogP contribution in [0.25, 0.3) is 0 Å². The molecule has 1 aromatic carbocycles. The number of nitrogens with one attached hydrogen (secondary N) is 3. The number of benzene rings is 1. The lowest BCUT2D eigenvalue weighted by molar-refractivity contribution is 0.101. The van der Waals surface area contributed by atoms with Gasteiger partial charge in [-0.15, -0.1) is 0 Å². The molecular formula is C20H20N6OS. The van der Waals surface area contributed by atoms with Crippen LogP contribution in [0.3, 0.4) is 0 Å². The summed E-state index contributed by atoms with van der Waals surface area (Å²) in [6.45, 7) is 1.35. The first-order valence-corrected chi connectivity index (χ1v) is 9.79. The molecule has 0 spiro atoms. The maximum absolute atomic E-state index is 12.9. The van der Waals surface area contributed by atoms with E-state index in [4.69, 9.17) is 0 Å². The SMILES string of the molecule is O=C(Nc1cccnc1)c1cnc(SC2NC=CCN2)n1Cc1ccccc1. The van der Waals surface area contributed by atoms with Gasteiger partial charge in [-0.3, -0.25) is 15.1 Å². The predicted octanol–water partition coefficient (Wildman–Crippen LogP) is 2.66. The average Bonchev–Trinajstić information content (AvgIpc) is 3.12. The monoisotopic (exact) mass is 392 g/mol. The molecule has 0 aliphatic carbocycles. The van der Waals surface area contributed by atoms with Crippen LogP contribution >= 0.6 is 11.8 Å². The van der Waals surface area contributed by atoms with Crippen LogP contribution < -0.4 is 16.0 Å². The molecule has 0 radical (unpaired) electrons. The molecule has 3 N–H and O–H groups in total. The van der Waals surface area contributed by atoms with Crippen molar-refractivity contribution in [3.8, 4) is 0 Å².